The van der Waals surface area contributed by atoms with Gasteiger partial charge < -0.3 is 16.0 Å². The Morgan fingerprint density at radius 1 is 1.23 bits per heavy atom. The quantitative estimate of drug-likeness (QED) is 0.658. The molecule has 0 radical (unpaired) electrons. The molecule has 0 aromatic carbocycles. The lowest BCUT2D eigenvalue weighted by Crippen LogP contribution is -2.52. The summed E-state index contributed by atoms with van der Waals surface area (Å²) in [5.41, 5.74) is 4.76. The van der Waals surface area contributed by atoms with Crippen LogP contribution in [-0.2, 0) is 0 Å². The van der Waals surface area contributed by atoms with Crippen LogP contribution in [0.2, 0.25) is 0 Å². The third kappa shape index (κ3) is 4.99. The number of hydrogen-bond acceptors (Lipinski definition) is 3. The Morgan fingerprint density at radius 3 is 2.70 bits per heavy atom. The molecule has 5 atom stereocenters. The monoisotopic (exact) mass is 430 g/mol. The Hall–Kier alpha value is -1.61. The predicted molar refractivity (Wildman–Crippen MR) is 105 cm³/mol. The molecular formula is C21H30F4N4O. The maximum absolute atomic E-state index is 13.6. The van der Waals surface area contributed by atoms with Gasteiger partial charge in [-0.15, -0.1) is 0 Å². The van der Waals surface area contributed by atoms with E-state index in [-0.39, 0.29) is 18.1 Å². The van der Waals surface area contributed by atoms with Gasteiger partial charge in [-0.1, -0.05) is 6.08 Å². The van der Waals surface area contributed by atoms with Crippen molar-refractivity contribution in [2.75, 3.05) is 26.2 Å². The molecule has 0 spiro atoms. The number of carbonyl (C=O) groups is 1. The number of hydrogen-bond donors (Lipinski definition) is 2. The Kier molecular flexibility index (Phi) is 6.12. The molecule has 4 aliphatic rings. The van der Waals surface area contributed by atoms with Gasteiger partial charge in [0.05, 0.1) is 11.6 Å². The van der Waals surface area contributed by atoms with E-state index in [4.69, 9.17) is 5.73 Å². The largest absolute Gasteiger partial charge is 0.415 e. The van der Waals surface area contributed by atoms with Gasteiger partial charge in [-0.25, -0.2) is 9.18 Å². The van der Waals surface area contributed by atoms with Crippen molar-refractivity contribution in [2.24, 2.45) is 17.6 Å². The summed E-state index contributed by atoms with van der Waals surface area (Å²) >= 11 is 0. The zero-order valence-electron chi connectivity index (χ0n) is 17.0. The number of urea groups is 1. The number of amides is 2. The number of fused-ring (bicyclic) bond motifs is 1. The molecule has 3 N–H and O–H groups in total. The number of halogens is 4. The number of carbonyl (C=O) groups excluding carboxylic acids is 1. The van der Waals surface area contributed by atoms with Gasteiger partial charge in [0.25, 0.3) is 0 Å². The summed E-state index contributed by atoms with van der Waals surface area (Å²) in [7, 11) is 0. The highest BCUT2D eigenvalue weighted by atomic mass is 19.4. The van der Waals surface area contributed by atoms with Gasteiger partial charge in [-0.05, 0) is 56.6 Å². The summed E-state index contributed by atoms with van der Waals surface area (Å²) in [6, 6.07) is -0.967. The van der Waals surface area contributed by atoms with Gasteiger partial charge in [0.2, 0.25) is 0 Å². The van der Waals surface area contributed by atoms with Crippen LogP contribution in [0.3, 0.4) is 0 Å². The van der Waals surface area contributed by atoms with Crippen molar-refractivity contribution in [3.05, 3.63) is 23.6 Å². The number of allylic oxidation sites excluding steroid dienone is 2. The van der Waals surface area contributed by atoms with Crippen LogP contribution in [0.15, 0.2) is 23.6 Å². The normalized spacial score (nSPS) is 34.1. The molecule has 168 valence electrons. The van der Waals surface area contributed by atoms with Crippen molar-refractivity contribution in [3.8, 4) is 0 Å². The van der Waals surface area contributed by atoms with Crippen LogP contribution >= 0.6 is 0 Å². The summed E-state index contributed by atoms with van der Waals surface area (Å²) < 4.78 is 52.8. The third-order valence-corrected chi connectivity index (χ3v) is 7.02. The number of nitrogens with one attached hydrogen (secondary N) is 1. The van der Waals surface area contributed by atoms with Crippen LogP contribution in [0.5, 0.6) is 0 Å². The van der Waals surface area contributed by atoms with E-state index in [9.17, 15) is 22.4 Å². The molecule has 5 nitrogen and oxygen atoms in total. The SMILES string of the molecule is NC1CCN(CCN(C(=O)NC2C=CC(F)=C(C(F)(F)F)C2)C2CCC3CC3C2)C1. The molecule has 1 saturated heterocycles. The molecule has 2 amide bonds. The summed E-state index contributed by atoms with van der Waals surface area (Å²) in [5.74, 6) is 0.177. The van der Waals surface area contributed by atoms with E-state index in [1.165, 1.54) is 12.5 Å². The molecular weight excluding hydrogens is 400 g/mol. The second-order valence-electron chi connectivity index (χ2n) is 9.21. The first-order valence-electron chi connectivity index (χ1n) is 10.9. The number of nitrogens with two attached hydrogens (primary N) is 1. The first-order chi connectivity index (χ1) is 14.2. The molecule has 9 heteroatoms. The number of rotatable bonds is 5. The maximum Gasteiger partial charge on any atom is 0.415 e. The highest BCUT2D eigenvalue weighted by Crippen LogP contribution is 2.50. The van der Waals surface area contributed by atoms with Crippen LogP contribution in [0.4, 0.5) is 22.4 Å². The zero-order valence-corrected chi connectivity index (χ0v) is 17.0. The third-order valence-electron chi connectivity index (χ3n) is 7.02. The van der Waals surface area contributed by atoms with E-state index in [0.29, 0.717) is 19.0 Å². The van der Waals surface area contributed by atoms with Gasteiger partial charge >= 0.3 is 12.2 Å². The topological polar surface area (TPSA) is 61.6 Å². The van der Waals surface area contributed by atoms with Crippen molar-refractivity contribution in [3.63, 3.8) is 0 Å². The number of nitrogens with zero attached hydrogens (tertiary/aromatic N) is 2. The second-order valence-corrected chi connectivity index (χ2v) is 9.21. The lowest BCUT2D eigenvalue weighted by Gasteiger charge is -2.36. The smallest absolute Gasteiger partial charge is 0.331 e. The number of likely N-dealkylation sites (tertiary alicyclic amines) is 1. The lowest BCUT2D eigenvalue weighted by atomic mass is 9.94. The van der Waals surface area contributed by atoms with Gasteiger partial charge in [-0.3, -0.25) is 4.90 Å². The second kappa shape index (κ2) is 8.49. The lowest BCUT2D eigenvalue weighted by molar-refractivity contribution is -0.0963. The van der Waals surface area contributed by atoms with Crippen LogP contribution in [0.25, 0.3) is 0 Å². The molecule has 4 rings (SSSR count). The first-order valence-corrected chi connectivity index (χ1v) is 10.9. The fraction of sp³-hybridized carbons (Fsp3) is 0.762. The van der Waals surface area contributed by atoms with E-state index in [1.54, 1.807) is 4.90 Å². The molecule has 1 aliphatic heterocycles. The fourth-order valence-electron chi connectivity index (χ4n) is 5.15. The Labute approximate surface area is 174 Å². The van der Waals surface area contributed by atoms with Crippen LogP contribution in [0, 0.1) is 11.8 Å². The molecule has 0 aromatic rings. The molecule has 3 aliphatic carbocycles. The van der Waals surface area contributed by atoms with Crippen molar-refractivity contribution in [2.45, 2.75) is 62.8 Å². The van der Waals surface area contributed by atoms with Crippen LogP contribution < -0.4 is 11.1 Å². The first kappa shape index (κ1) is 21.6. The summed E-state index contributed by atoms with van der Waals surface area (Å²) in [4.78, 5) is 17.1. The molecule has 2 saturated carbocycles. The van der Waals surface area contributed by atoms with Crippen molar-refractivity contribution in [1.82, 2.24) is 15.1 Å². The Balaban J connectivity index is 1.39. The van der Waals surface area contributed by atoms with E-state index in [2.05, 4.69) is 10.2 Å². The molecule has 0 bridgehead atoms. The van der Waals surface area contributed by atoms with Crippen LogP contribution in [-0.4, -0.2) is 66.3 Å². The molecule has 1 heterocycles. The average Bonchev–Trinajstić information content (AvgIpc) is 3.34. The summed E-state index contributed by atoms with van der Waals surface area (Å²) in [5, 5.41) is 2.71. The van der Waals surface area contributed by atoms with Crippen LogP contribution in [0.1, 0.15) is 38.5 Å². The van der Waals surface area contributed by atoms with E-state index >= 15 is 0 Å². The Morgan fingerprint density at radius 2 is 2.03 bits per heavy atom. The average molecular weight is 430 g/mol. The van der Waals surface area contributed by atoms with Gasteiger partial charge in [-0.2, -0.15) is 13.2 Å². The van der Waals surface area contributed by atoms with Gasteiger partial charge in [0.15, 0.2) is 0 Å². The standard InChI is InChI=1S/C21H30F4N4O/c22-19-4-2-16(11-18(19)21(23,24)25)27-20(30)29(8-7-28-6-5-15(26)12-28)17-3-1-13-9-14(13)10-17/h2,4,13-17H,1,3,5-12,26H2,(H,27,30). The highest BCUT2D eigenvalue weighted by Gasteiger charge is 2.45. The van der Waals surface area contributed by atoms with Gasteiger partial charge in [0, 0.05) is 38.1 Å². The molecule has 30 heavy (non-hydrogen) atoms. The minimum absolute atomic E-state index is 0.104. The minimum atomic E-state index is -4.74. The van der Waals surface area contributed by atoms with E-state index in [1.807, 2.05) is 0 Å². The summed E-state index contributed by atoms with van der Waals surface area (Å²) in [6.45, 7) is 2.92. The predicted octanol–water partition coefficient (Wildman–Crippen LogP) is 3.33. The molecule has 0 aromatic heterocycles. The zero-order chi connectivity index (χ0) is 21.5. The fourth-order valence-corrected chi connectivity index (χ4v) is 5.15. The highest BCUT2D eigenvalue weighted by molar-refractivity contribution is 5.75. The minimum Gasteiger partial charge on any atom is -0.331 e. The number of alkyl halides is 3. The van der Waals surface area contributed by atoms with Gasteiger partial charge in [0.1, 0.15) is 5.83 Å². The van der Waals surface area contributed by atoms with Crippen molar-refractivity contribution in [1.29, 1.82) is 0 Å². The Bertz CT molecular complexity index is 722. The molecule has 5 unspecified atom stereocenters. The van der Waals surface area contributed by atoms with E-state index < -0.39 is 30.0 Å². The molecule has 3 fully saturated rings. The summed E-state index contributed by atoms with van der Waals surface area (Å²) in [6.07, 6.45) is 1.93. The van der Waals surface area contributed by atoms with Crippen molar-refractivity contribution < 1.29 is 22.4 Å². The maximum atomic E-state index is 13.6. The van der Waals surface area contributed by atoms with E-state index in [0.717, 1.165) is 50.8 Å². The van der Waals surface area contributed by atoms with Crippen molar-refractivity contribution >= 4 is 6.03 Å².